The Bertz CT molecular complexity index is 712. The second-order valence-electron chi connectivity index (χ2n) is 5.21. The highest BCUT2D eigenvalue weighted by atomic mass is 35.5. The number of nitrogens with zero attached hydrogens (tertiary/aromatic N) is 2. The molecule has 0 radical (unpaired) electrons. The van der Waals surface area contributed by atoms with Crippen LogP contribution in [0, 0.1) is 19.7 Å². The summed E-state index contributed by atoms with van der Waals surface area (Å²) in [6.45, 7) is 3.81. The lowest BCUT2D eigenvalue weighted by Crippen LogP contribution is -2.29. The first-order valence-electron chi connectivity index (χ1n) is 6.80. The second kappa shape index (κ2) is 5.89. The van der Waals surface area contributed by atoms with Gasteiger partial charge in [0.1, 0.15) is 17.0 Å². The molecule has 0 spiro atoms. The first-order chi connectivity index (χ1) is 10.5. The van der Waals surface area contributed by atoms with Crippen molar-refractivity contribution in [2.24, 2.45) is 0 Å². The van der Waals surface area contributed by atoms with E-state index in [0.717, 1.165) is 11.3 Å². The number of rotatable bonds is 2. The molecular formula is C16H14ClFN2OS. The van der Waals surface area contributed by atoms with Crippen molar-refractivity contribution in [2.45, 2.75) is 19.2 Å². The zero-order valence-corrected chi connectivity index (χ0v) is 13.7. The minimum atomic E-state index is -0.491. The minimum Gasteiger partial charge on any atom is -0.279 e. The average molecular weight is 337 g/mol. The van der Waals surface area contributed by atoms with E-state index in [1.807, 2.05) is 26.0 Å². The monoisotopic (exact) mass is 336 g/mol. The quantitative estimate of drug-likeness (QED) is 0.821. The summed E-state index contributed by atoms with van der Waals surface area (Å²) in [5.74, 6) is 0.321. The highest BCUT2D eigenvalue weighted by Crippen LogP contribution is 2.44. The molecule has 1 aliphatic heterocycles. The highest BCUT2D eigenvalue weighted by molar-refractivity contribution is 8.00. The summed E-state index contributed by atoms with van der Waals surface area (Å²) in [5.41, 5.74) is 2.16. The number of aryl methyl sites for hydroxylation is 2. The van der Waals surface area contributed by atoms with E-state index in [2.05, 4.69) is 4.98 Å². The van der Waals surface area contributed by atoms with Crippen LogP contribution in [0.4, 0.5) is 10.2 Å². The van der Waals surface area contributed by atoms with Gasteiger partial charge >= 0.3 is 0 Å². The fourth-order valence-corrected chi connectivity index (χ4v) is 4.13. The number of thioether (sulfide) groups is 1. The summed E-state index contributed by atoms with van der Waals surface area (Å²) in [7, 11) is 0. The fraction of sp³-hybridized carbons (Fsp3) is 0.250. The van der Waals surface area contributed by atoms with Crippen LogP contribution in [-0.4, -0.2) is 16.6 Å². The summed E-state index contributed by atoms with van der Waals surface area (Å²) in [5, 5.41) is -0.170. The molecule has 1 aromatic carbocycles. The Balaban J connectivity index is 2.10. The number of aromatic nitrogens is 1. The van der Waals surface area contributed by atoms with Gasteiger partial charge in [-0.2, -0.15) is 0 Å². The van der Waals surface area contributed by atoms with E-state index in [1.165, 1.54) is 22.7 Å². The second-order valence-corrected chi connectivity index (χ2v) is 6.68. The van der Waals surface area contributed by atoms with E-state index in [9.17, 15) is 9.18 Å². The van der Waals surface area contributed by atoms with Gasteiger partial charge in [0, 0.05) is 16.3 Å². The largest absolute Gasteiger partial charge is 0.279 e. The number of pyridine rings is 1. The predicted octanol–water partition coefficient (Wildman–Crippen LogP) is 4.27. The molecule has 0 bridgehead atoms. The van der Waals surface area contributed by atoms with Gasteiger partial charge in [0.25, 0.3) is 0 Å². The Morgan fingerprint density at radius 3 is 2.82 bits per heavy atom. The molecule has 1 unspecified atom stereocenters. The molecule has 0 N–H and O–H groups in total. The molecule has 0 saturated carbocycles. The Labute approximate surface area is 137 Å². The van der Waals surface area contributed by atoms with Crippen molar-refractivity contribution < 1.29 is 9.18 Å². The lowest BCUT2D eigenvalue weighted by molar-refractivity contribution is -0.115. The number of carbonyl (C=O) groups is 1. The van der Waals surface area contributed by atoms with E-state index in [4.69, 9.17) is 11.6 Å². The maximum atomic E-state index is 14.2. The number of carbonyl (C=O) groups excluding carboxylic acids is 1. The molecule has 1 amide bonds. The van der Waals surface area contributed by atoms with Crippen molar-refractivity contribution in [2.75, 3.05) is 10.7 Å². The molecule has 0 aliphatic carbocycles. The van der Waals surface area contributed by atoms with Gasteiger partial charge in [-0.15, -0.1) is 11.8 Å². The maximum absolute atomic E-state index is 14.2. The van der Waals surface area contributed by atoms with Gasteiger partial charge in [-0.25, -0.2) is 9.37 Å². The van der Waals surface area contributed by atoms with Crippen LogP contribution in [-0.2, 0) is 4.79 Å². The van der Waals surface area contributed by atoms with E-state index >= 15 is 0 Å². The number of anilines is 1. The van der Waals surface area contributed by atoms with Crippen LogP contribution in [0.5, 0.6) is 0 Å². The lowest BCUT2D eigenvalue weighted by atomic mass is 10.1. The summed E-state index contributed by atoms with van der Waals surface area (Å²) in [4.78, 5) is 18.3. The van der Waals surface area contributed by atoms with Crippen molar-refractivity contribution in [1.29, 1.82) is 0 Å². The lowest BCUT2D eigenvalue weighted by Gasteiger charge is -2.25. The summed E-state index contributed by atoms with van der Waals surface area (Å²) >= 11 is 7.52. The summed E-state index contributed by atoms with van der Waals surface area (Å²) in [6.07, 6.45) is 0. The summed E-state index contributed by atoms with van der Waals surface area (Å²) < 4.78 is 14.2. The minimum absolute atomic E-state index is 0.0909. The fourth-order valence-electron chi connectivity index (χ4n) is 2.58. The Hall–Kier alpha value is -1.59. The number of hydrogen-bond acceptors (Lipinski definition) is 3. The van der Waals surface area contributed by atoms with Crippen molar-refractivity contribution in [3.63, 3.8) is 0 Å². The van der Waals surface area contributed by atoms with Gasteiger partial charge in [-0.1, -0.05) is 17.7 Å². The zero-order chi connectivity index (χ0) is 15.9. The Morgan fingerprint density at radius 1 is 1.36 bits per heavy atom. The molecule has 1 saturated heterocycles. The maximum Gasteiger partial charge on any atom is 0.239 e. The third-order valence-corrected chi connectivity index (χ3v) is 4.95. The smallest absolute Gasteiger partial charge is 0.239 e. The molecule has 114 valence electrons. The first-order valence-corrected chi connectivity index (χ1v) is 8.23. The molecule has 2 aromatic rings. The van der Waals surface area contributed by atoms with E-state index in [1.54, 1.807) is 12.1 Å². The zero-order valence-electron chi connectivity index (χ0n) is 12.1. The standard InChI is InChI=1S/C16H14ClFN2OS/c1-9-6-10(2)19-13(7-9)20-14(21)8-22-16(20)15-11(17)4-3-5-12(15)18/h3-7,16H,8H2,1-2H3. The summed E-state index contributed by atoms with van der Waals surface area (Å²) in [6, 6.07) is 8.32. The van der Waals surface area contributed by atoms with Crippen LogP contribution in [0.25, 0.3) is 0 Å². The molecule has 1 aromatic heterocycles. The van der Waals surface area contributed by atoms with Crippen LogP contribution in [0.15, 0.2) is 30.3 Å². The van der Waals surface area contributed by atoms with Crippen LogP contribution >= 0.6 is 23.4 Å². The third-order valence-electron chi connectivity index (χ3n) is 3.45. The molecule has 1 aliphatic rings. The van der Waals surface area contributed by atoms with E-state index < -0.39 is 11.2 Å². The number of amides is 1. The van der Waals surface area contributed by atoms with Gasteiger partial charge in [-0.3, -0.25) is 9.69 Å². The normalized spacial score (nSPS) is 18.1. The van der Waals surface area contributed by atoms with Crippen LogP contribution in [0.3, 0.4) is 0 Å². The first kappa shape index (κ1) is 15.3. The van der Waals surface area contributed by atoms with Crippen molar-refractivity contribution in [3.05, 3.63) is 58.0 Å². The molecule has 22 heavy (non-hydrogen) atoms. The number of hydrogen-bond donors (Lipinski definition) is 0. The molecule has 3 nitrogen and oxygen atoms in total. The Morgan fingerprint density at radius 2 is 2.14 bits per heavy atom. The number of halogens is 2. The van der Waals surface area contributed by atoms with Crippen molar-refractivity contribution in [3.8, 4) is 0 Å². The Kier molecular flexibility index (Phi) is 4.10. The molecule has 3 rings (SSSR count). The van der Waals surface area contributed by atoms with E-state index in [0.29, 0.717) is 16.4 Å². The molecule has 6 heteroatoms. The molecular weight excluding hydrogens is 323 g/mol. The van der Waals surface area contributed by atoms with Crippen molar-refractivity contribution >= 4 is 35.1 Å². The van der Waals surface area contributed by atoms with Crippen LogP contribution in [0.1, 0.15) is 22.2 Å². The predicted molar refractivity (Wildman–Crippen MR) is 87.8 cm³/mol. The third kappa shape index (κ3) is 2.71. The molecule has 1 atom stereocenters. The highest BCUT2D eigenvalue weighted by Gasteiger charge is 2.37. The molecule has 2 heterocycles. The van der Waals surface area contributed by atoms with E-state index in [-0.39, 0.29) is 11.7 Å². The molecule has 1 fully saturated rings. The van der Waals surface area contributed by atoms with Crippen molar-refractivity contribution in [1.82, 2.24) is 4.98 Å². The average Bonchev–Trinajstić information content (AvgIpc) is 2.79. The topological polar surface area (TPSA) is 33.2 Å². The van der Waals surface area contributed by atoms with Gasteiger partial charge in [0.05, 0.1) is 5.75 Å². The number of benzene rings is 1. The van der Waals surface area contributed by atoms with Gasteiger partial charge in [-0.05, 0) is 43.7 Å². The SMILES string of the molecule is Cc1cc(C)nc(N2C(=O)CSC2c2c(F)cccc2Cl)c1. The van der Waals surface area contributed by atoms with Gasteiger partial charge in [0.15, 0.2) is 0 Å². The van der Waals surface area contributed by atoms with Crippen LogP contribution in [0.2, 0.25) is 5.02 Å². The van der Waals surface area contributed by atoms with Crippen LogP contribution < -0.4 is 4.90 Å². The van der Waals surface area contributed by atoms with Gasteiger partial charge in [0.2, 0.25) is 5.91 Å². The van der Waals surface area contributed by atoms with Gasteiger partial charge < -0.3 is 0 Å².